The van der Waals surface area contributed by atoms with Crippen LogP contribution in [-0.4, -0.2) is 31.2 Å². The summed E-state index contributed by atoms with van der Waals surface area (Å²) in [4.78, 5) is 22.7. The van der Waals surface area contributed by atoms with Gasteiger partial charge in [0.05, 0.1) is 4.92 Å². The molecule has 0 spiro atoms. The van der Waals surface area contributed by atoms with Gasteiger partial charge in [0.1, 0.15) is 0 Å². The lowest BCUT2D eigenvalue weighted by atomic mass is 10.1. The number of hydrogen-bond acceptors (Lipinski definition) is 5. The summed E-state index contributed by atoms with van der Waals surface area (Å²) in [5.41, 5.74) is 1.14. The van der Waals surface area contributed by atoms with Gasteiger partial charge in [-0.15, -0.1) is 0 Å². The van der Waals surface area contributed by atoms with E-state index in [1.54, 1.807) is 36.2 Å². The molecule has 0 unspecified atom stereocenters. The molecule has 0 aliphatic heterocycles. The van der Waals surface area contributed by atoms with Crippen molar-refractivity contribution >= 4 is 21.6 Å². The van der Waals surface area contributed by atoms with Crippen LogP contribution in [0.1, 0.15) is 18.1 Å². The number of para-hydroxylation sites is 1. The van der Waals surface area contributed by atoms with Crippen LogP contribution in [0.4, 0.5) is 5.69 Å². The van der Waals surface area contributed by atoms with Crippen LogP contribution in [0.3, 0.4) is 0 Å². The molecule has 0 radical (unpaired) electrons. The third-order valence-corrected chi connectivity index (χ3v) is 5.25. The quantitative estimate of drug-likeness (QED) is 0.587. The number of nitrogens with zero attached hydrogens (tertiary/aromatic N) is 2. The molecule has 0 aliphatic carbocycles. The Morgan fingerprint density at radius 3 is 2.27 bits per heavy atom. The molecule has 2 rings (SSSR count). The summed E-state index contributed by atoms with van der Waals surface area (Å²) < 4.78 is 27.1. The number of sulfonamides is 1. The van der Waals surface area contributed by atoms with Gasteiger partial charge in [0, 0.05) is 33.1 Å². The number of carbonyl (C=O) groups is 1. The maximum absolute atomic E-state index is 12.4. The van der Waals surface area contributed by atoms with Gasteiger partial charge >= 0.3 is 0 Å². The lowest BCUT2D eigenvalue weighted by molar-refractivity contribution is -0.387. The number of carbonyl (C=O) groups excluding carboxylic acids is 1. The molecule has 138 valence electrons. The molecule has 1 N–H and O–H groups in total. The fourth-order valence-corrected chi connectivity index (χ4v) is 3.43. The highest BCUT2D eigenvalue weighted by atomic mass is 32.2. The van der Waals surface area contributed by atoms with Crippen LogP contribution < -0.4 is 4.72 Å². The number of hydrogen-bond donors (Lipinski definition) is 1. The van der Waals surface area contributed by atoms with Gasteiger partial charge < -0.3 is 4.90 Å². The first-order chi connectivity index (χ1) is 12.2. The second-order valence-corrected chi connectivity index (χ2v) is 7.48. The van der Waals surface area contributed by atoms with Gasteiger partial charge in [0.15, 0.2) is 4.90 Å². The summed E-state index contributed by atoms with van der Waals surface area (Å²) in [5.74, 6) is -0.0497. The average molecular weight is 377 g/mol. The lowest BCUT2D eigenvalue weighted by Crippen LogP contribution is -2.24. The Bertz CT molecular complexity index is 910. The predicted octanol–water partition coefficient (Wildman–Crippen LogP) is 2.05. The molecule has 0 bridgehead atoms. The van der Waals surface area contributed by atoms with Crippen molar-refractivity contribution in [3.05, 3.63) is 69.8 Å². The van der Waals surface area contributed by atoms with Crippen molar-refractivity contribution in [3.63, 3.8) is 0 Å². The SMILES string of the molecule is CC(=O)N(C)Cc1ccc(CNS(=O)(=O)c2ccccc2[N+](=O)[O-])cc1. The summed E-state index contributed by atoms with van der Waals surface area (Å²) in [6.45, 7) is 1.93. The first kappa shape index (κ1) is 19.5. The van der Waals surface area contributed by atoms with E-state index in [0.29, 0.717) is 12.1 Å². The average Bonchev–Trinajstić information content (AvgIpc) is 2.61. The fourth-order valence-electron chi connectivity index (χ4n) is 2.24. The van der Waals surface area contributed by atoms with Crippen molar-refractivity contribution in [2.24, 2.45) is 0 Å². The highest BCUT2D eigenvalue weighted by Gasteiger charge is 2.24. The zero-order valence-corrected chi connectivity index (χ0v) is 15.2. The Morgan fingerprint density at radius 1 is 1.12 bits per heavy atom. The van der Waals surface area contributed by atoms with Crippen molar-refractivity contribution < 1.29 is 18.1 Å². The minimum Gasteiger partial charge on any atom is -0.342 e. The highest BCUT2D eigenvalue weighted by molar-refractivity contribution is 7.89. The molecule has 0 saturated heterocycles. The Hall–Kier alpha value is -2.78. The highest BCUT2D eigenvalue weighted by Crippen LogP contribution is 2.22. The van der Waals surface area contributed by atoms with Gasteiger partial charge in [-0.2, -0.15) is 0 Å². The van der Waals surface area contributed by atoms with Crippen LogP contribution in [-0.2, 0) is 27.9 Å². The zero-order valence-electron chi connectivity index (χ0n) is 14.4. The van der Waals surface area contributed by atoms with Gasteiger partial charge in [-0.05, 0) is 17.2 Å². The number of rotatable bonds is 7. The Morgan fingerprint density at radius 2 is 1.69 bits per heavy atom. The maximum atomic E-state index is 12.4. The molecule has 0 heterocycles. The normalized spacial score (nSPS) is 11.2. The van der Waals surface area contributed by atoms with E-state index in [2.05, 4.69) is 4.72 Å². The summed E-state index contributed by atoms with van der Waals surface area (Å²) in [6, 6.07) is 12.3. The topological polar surface area (TPSA) is 110 Å². The van der Waals surface area contributed by atoms with E-state index in [-0.39, 0.29) is 17.3 Å². The predicted molar refractivity (Wildman–Crippen MR) is 95.7 cm³/mol. The Labute approximate surface area is 151 Å². The molecule has 8 nitrogen and oxygen atoms in total. The molecule has 26 heavy (non-hydrogen) atoms. The first-order valence-corrected chi connectivity index (χ1v) is 9.21. The van der Waals surface area contributed by atoms with Crippen molar-refractivity contribution in [2.45, 2.75) is 24.9 Å². The van der Waals surface area contributed by atoms with Crippen LogP contribution in [0.5, 0.6) is 0 Å². The minimum atomic E-state index is -4.02. The van der Waals surface area contributed by atoms with Crippen LogP contribution in [0, 0.1) is 10.1 Å². The third-order valence-electron chi connectivity index (χ3n) is 3.80. The first-order valence-electron chi connectivity index (χ1n) is 7.73. The monoisotopic (exact) mass is 377 g/mol. The number of nitro groups is 1. The van der Waals surface area contributed by atoms with Crippen molar-refractivity contribution in [2.75, 3.05) is 7.05 Å². The maximum Gasteiger partial charge on any atom is 0.289 e. The molecule has 2 aromatic rings. The lowest BCUT2D eigenvalue weighted by Gasteiger charge is -2.15. The number of benzene rings is 2. The molecular formula is C17H19N3O5S. The van der Waals surface area contributed by atoms with Gasteiger partial charge in [0.25, 0.3) is 5.69 Å². The summed E-state index contributed by atoms with van der Waals surface area (Å²) >= 11 is 0. The van der Waals surface area contributed by atoms with Crippen molar-refractivity contribution in [1.82, 2.24) is 9.62 Å². The molecule has 1 amide bonds. The molecule has 0 aliphatic rings. The number of nitro benzene ring substituents is 1. The largest absolute Gasteiger partial charge is 0.342 e. The number of amides is 1. The van der Waals surface area contributed by atoms with E-state index in [0.717, 1.165) is 11.6 Å². The van der Waals surface area contributed by atoms with Crippen molar-refractivity contribution in [3.8, 4) is 0 Å². The standard InChI is InChI=1S/C17H19N3O5S/c1-13(21)19(2)12-15-9-7-14(8-10-15)11-18-26(24,25)17-6-4-3-5-16(17)20(22)23/h3-10,18H,11-12H2,1-2H3. The van der Waals surface area contributed by atoms with E-state index in [1.807, 2.05) is 0 Å². The Balaban J connectivity index is 2.09. The second-order valence-electron chi connectivity index (χ2n) is 5.74. The smallest absolute Gasteiger partial charge is 0.289 e. The van der Waals surface area contributed by atoms with Crippen molar-refractivity contribution in [1.29, 1.82) is 0 Å². The Kier molecular flexibility index (Phi) is 6.06. The minimum absolute atomic E-state index is 0.00277. The summed E-state index contributed by atoms with van der Waals surface area (Å²) in [6.07, 6.45) is 0. The van der Waals surface area contributed by atoms with Gasteiger partial charge in [-0.25, -0.2) is 13.1 Å². The molecular weight excluding hydrogens is 358 g/mol. The van der Waals surface area contributed by atoms with Gasteiger partial charge in [-0.3, -0.25) is 14.9 Å². The number of nitrogens with one attached hydrogen (secondary N) is 1. The summed E-state index contributed by atoms with van der Waals surface area (Å²) in [5, 5.41) is 11.0. The van der Waals surface area contributed by atoms with E-state index < -0.39 is 20.6 Å². The molecule has 2 aromatic carbocycles. The van der Waals surface area contributed by atoms with Gasteiger partial charge in [0.2, 0.25) is 15.9 Å². The fraction of sp³-hybridized carbons (Fsp3) is 0.235. The molecule has 0 saturated carbocycles. The van der Waals surface area contributed by atoms with Crippen LogP contribution in [0.25, 0.3) is 0 Å². The van der Waals surface area contributed by atoms with E-state index >= 15 is 0 Å². The van der Waals surface area contributed by atoms with Crippen LogP contribution >= 0.6 is 0 Å². The molecule has 0 aromatic heterocycles. The third kappa shape index (κ3) is 4.87. The van der Waals surface area contributed by atoms with E-state index in [9.17, 15) is 23.3 Å². The summed E-state index contributed by atoms with van der Waals surface area (Å²) in [7, 11) is -2.33. The molecule has 9 heteroatoms. The van der Waals surface area contributed by atoms with E-state index in [4.69, 9.17) is 0 Å². The van der Waals surface area contributed by atoms with Gasteiger partial charge in [-0.1, -0.05) is 36.4 Å². The molecule has 0 atom stereocenters. The van der Waals surface area contributed by atoms with Crippen LogP contribution in [0.15, 0.2) is 53.4 Å². The van der Waals surface area contributed by atoms with Crippen LogP contribution in [0.2, 0.25) is 0 Å². The zero-order chi connectivity index (χ0) is 19.3. The molecule has 0 fully saturated rings. The second kappa shape index (κ2) is 8.07. The van der Waals surface area contributed by atoms with E-state index in [1.165, 1.54) is 25.1 Å².